The molecule has 9 nitrogen and oxygen atoms in total. The van der Waals surface area contributed by atoms with Gasteiger partial charge in [0, 0.05) is 17.3 Å². The van der Waals surface area contributed by atoms with Crippen LogP contribution in [0.2, 0.25) is 0 Å². The van der Waals surface area contributed by atoms with Gasteiger partial charge in [0.15, 0.2) is 5.13 Å². The second kappa shape index (κ2) is 9.04. The summed E-state index contributed by atoms with van der Waals surface area (Å²) in [6, 6.07) is 12.8. The fraction of sp³-hybridized carbons (Fsp3) is 0.158. The van der Waals surface area contributed by atoms with Crippen LogP contribution in [0.1, 0.15) is 6.92 Å². The lowest BCUT2D eigenvalue weighted by Gasteiger charge is -2.28. The molecule has 0 aliphatic rings. The van der Waals surface area contributed by atoms with Crippen molar-refractivity contribution < 1.29 is 21.6 Å². The zero-order chi connectivity index (χ0) is 22.6. The Hall–Kier alpha value is -2.96. The molecule has 0 bridgehead atoms. The second-order valence-electron chi connectivity index (χ2n) is 6.53. The van der Waals surface area contributed by atoms with E-state index in [4.69, 9.17) is 0 Å². The van der Waals surface area contributed by atoms with E-state index < -0.39 is 32.0 Å². The van der Waals surface area contributed by atoms with E-state index in [-0.39, 0.29) is 10.0 Å². The van der Waals surface area contributed by atoms with Crippen LogP contribution < -0.4 is 14.3 Å². The van der Waals surface area contributed by atoms with Gasteiger partial charge in [-0.05, 0) is 43.3 Å². The first-order valence-corrected chi connectivity index (χ1v) is 13.2. The van der Waals surface area contributed by atoms with Gasteiger partial charge >= 0.3 is 0 Å². The predicted octanol–water partition coefficient (Wildman–Crippen LogP) is 2.74. The summed E-state index contributed by atoms with van der Waals surface area (Å²) >= 11 is 1.15. The Balaban J connectivity index is 1.75. The first kappa shape index (κ1) is 22.7. The number of aromatic nitrogens is 1. The third-order valence-corrected chi connectivity index (χ3v) is 7.60. The van der Waals surface area contributed by atoms with E-state index in [0.29, 0.717) is 11.4 Å². The number of hydrogen-bond acceptors (Lipinski definition) is 7. The molecule has 3 rings (SSSR count). The van der Waals surface area contributed by atoms with Crippen LogP contribution >= 0.6 is 11.3 Å². The molecule has 1 heterocycles. The van der Waals surface area contributed by atoms with Gasteiger partial charge in [0.05, 0.1) is 16.8 Å². The summed E-state index contributed by atoms with van der Waals surface area (Å²) in [7, 11) is -7.54. The van der Waals surface area contributed by atoms with Crippen LogP contribution in [-0.2, 0) is 24.8 Å². The number of rotatable bonds is 8. The molecule has 2 aromatic carbocycles. The molecule has 1 atom stereocenters. The molecule has 0 aliphatic carbocycles. The predicted molar refractivity (Wildman–Crippen MR) is 121 cm³/mol. The van der Waals surface area contributed by atoms with Crippen molar-refractivity contribution in [3.05, 3.63) is 66.2 Å². The summed E-state index contributed by atoms with van der Waals surface area (Å²) in [5.41, 5.74) is 0.689. The van der Waals surface area contributed by atoms with Crippen molar-refractivity contribution in [3.8, 4) is 0 Å². The third kappa shape index (κ3) is 5.60. The van der Waals surface area contributed by atoms with E-state index in [9.17, 15) is 21.6 Å². The van der Waals surface area contributed by atoms with Gasteiger partial charge < -0.3 is 5.32 Å². The van der Waals surface area contributed by atoms with Gasteiger partial charge in [-0.2, -0.15) is 0 Å². The van der Waals surface area contributed by atoms with Crippen molar-refractivity contribution in [2.75, 3.05) is 20.6 Å². The Bertz CT molecular complexity index is 1240. The van der Waals surface area contributed by atoms with Gasteiger partial charge in [0.2, 0.25) is 15.9 Å². The van der Waals surface area contributed by atoms with Crippen LogP contribution in [-0.4, -0.2) is 40.0 Å². The summed E-state index contributed by atoms with van der Waals surface area (Å²) in [5, 5.41) is 4.51. The maximum absolute atomic E-state index is 12.7. The standard InChI is InChI=1S/C19H20N4O5S3/c1-14(23(30(2,25)26)16-6-4-3-5-7-16)18(24)21-15-8-10-17(11-9-15)31(27,28)22-19-20-12-13-29-19/h3-14H,1-2H3,(H,20,22)(H,21,24)/t14-/m1/s1. The molecule has 12 heteroatoms. The number of nitrogens with one attached hydrogen (secondary N) is 2. The van der Waals surface area contributed by atoms with Crippen LogP contribution in [0.4, 0.5) is 16.5 Å². The van der Waals surface area contributed by atoms with Crippen LogP contribution in [0, 0.1) is 0 Å². The normalized spacial score (nSPS) is 12.7. The Kier molecular flexibility index (Phi) is 6.62. The van der Waals surface area contributed by atoms with E-state index in [2.05, 4.69) is 15.0 Å². The molecular formula is C19H20N4O5S3. The Morgan fingerprint density at radius 3 is 2.23 bits per heavy atom. The molecule has 3 aromatic rings. The van der Waals surface area contributed by atoms with Crippen LogP contribution in [0.3, 0.4) is 0 Å². The minimum atomic E-state index is -3.82. The highest BCUT2D eigenvalue weighted by Gasteiger charge is 2.29. The van der Waals surface area contributed by atoms with Crippen molar-refractivity contribution in [2.24, 2.45) is 0 Å². The van der Waals surface area contributed by atoms with Crippen molar-refractivity contribution >= 4 is 53.8 Å². The highest BCUT2D eigenvalue weighted by Crippen LogP contribution is 2.22. The molecular weight excluding hydrogens is 460 g/mol. The minimum Gasteiger partial charge on any atom is -0.324 e. The fourth-order valence-corrected chi connectivity index (χ4v) is 5.76. The average molecular weight is 481 g/mol. The third-order valence-electron chi connectivity index (χ3n) is 4.19. The number of benzene rings is 2. The van der Waals surface area contributed by atoms with Crippen LogP contribution in [0.25, 0.3) is 0 Å². The smallest absolute Gasteiger partial charge is 0.263 e. The maximum Gasteiger partial charge on any atom is 0.263 e. The van der Waals surface area contributed by atoms with Gasteiger partial charge in [-0.15, -0.1) is 11.3 Å². The summed E-state index contributed by atoms with van der Waals surface area (Å²) in [5.74, 6) is -0.564. The maximum atomic E-state index is 12.7. The van der Waals surface area contributed by atoms with E-state index in [1.54, 1.807) is 35.7 Å². The number of carbonyl (C=O) groups excluding carboxylic acids is 1. The molecule has 0 saturated carbocycles. The topological polar surface area (TPSA) is 126 Å². The van der Waals surface area contributed by atoms with E-state index in [0.717, 1.165) is 21.9 Å². The number of carbonyl (C=O) groups is 1. The molecule has 0 fully saturated rings. The second-order valence-corrected chi connectivity index (χ2v) is 11.0. The van der Waals surface area contributed by atoms with Gasteiger partial charge in [-0.3, -0.25) is 13.8 Å². The zero-order valence-electron chi connectivity index (χ0n) is 16.6. The molecule has 0 radical (unpaired) electrons. The number of thiazole rings is 1. The molecule has 0 aliphatic heterocycles. The molecule has 1 amide bonds. The summed E-state index contributed by atoms with van der Waals surface area (Å²) in [4.78, 5) is 16.6. The highest BCUT2D eigenvalue weighted by atomic mass is 32.2. The van der Waals surface area contributed by atoms with Gasteiger partial charge in [0.25, 0.3) is 10.0 Å². The van der Waals surface area contributed by atoms with Gasteiger partial charge in [-0.1, -0.05) is 18.2 Å². The lowest BCUT2D eigenvalue weighted by atomic mass is 10.2. The number of para-hydroxylation sites is 1. The zero-order valence-corrected chi connectivity index (χ0v) is 19.0. The highest BCUT2D eigenvalue weighted by molar-refractivity contribution is 7.93. The van der Waals surface area contributed by atoms with Crippen LogP contribution in [0.15, 0.2) is 71.1 Å². The summed E-state index contributed by atoms with van der Waals surface area (Å²) in [6.45, 7) is 1.47. The Morgan fingerprint density at radius 1 is 1.03 bits per heavy atom. The lowest BCUT2D eigenvalue weighted by Crippen LogP contribution is -2.45. The average Bonchev–Trinajstić information content (AvgIpc) is 3.20. The Morgan fingerprint density at radius 2 is 1.68 bits per heavy atom. The molecule has 164 valence electrons. The summed E-state index contributed by atoms with van der Waals surface area (Å²) in [6.07, 6.45) is 2.51. The lowest BCUT2D eigenvalue weighted by molar-refractivity contribution is -0.116. The molecule has 31 heavy (non-hydrogen) atoms. The van der Waals surface area contributed by atoms with Gasteiger partial charge in [0.1, 0.15) is 6.04 Å². The summed E-state index contributed by atoms with van der Waals surface area (Å²) < 4.78 is 52.7. The molecule has 0 unspecified atom stereocenters. The molecule has 2 N–H and O–H groups in total. The Labute approximate surface area is 184 Å². The fourth-order valence-electron chi connectivity index (χ4n) is 2.80. The number of amides is 1. The monoisotopic (exact) mass is 480 g/mol. The van der Waals surface area contributed by atoms with E-state index >= 15 is 0 Å². The molecule has 1 aromatic heterocycles. The van der Waals surface area contributed by atoms with E-state index in [1.165, 1.54) is 37.4 Å². The first-order chi connectivity index (χ1) is 14.6. The number of hydrogen-bond donors (Lipinski definition) is 2. The van der Waals surface area contributed by atoms with Crippen molar-refractivity contribution in [1.82, 2.24) is 4.98 Å². The van der Waals surface area contributed by atoms with Gasteiger partial charge in [-0.25, -0.2) is 21.8 Å². The SMILES string of the molecule is C[C@H](C(=O)Nc1ccc(S(=O)(=O)Nc2nccs2)cc1)N(c1ccccc1)S(C)(=O)=O. The van der Waals surface area contributed by atoms with E-state index in [1.807, 2.05) is 0 Å². The largest absolute Gasteiger partial charge is 0.324 e. The first-order valence-electron chi connectivity index (χ1n) is 8.95. The van der Waals surface area contributed by atoms with Crippen LogP contribution in [0.5, 0.6) is 0 Å². The number of nitrogens with zero attached hydrogens (tertiary/aromatic N) is 2. The number of anilines is 3. The van der Waals surface area contributed by atoms with Crippen molar-refractivity contribution in [3.63, 3.8) is 0 Å². The van der Waals surface area contributed by atoms with Crippen molar-refractivity contribution in [1.29, 1.82) is 0 Å². The van der Waals surface area contributed by atoms with Crippen molar-refractivity contribution in [2.45, 2.75) is 17.9 Å². The number of sulfonamides is 2. The molecule has 0 saturated heterocycles. The quantitative estimate of drug-likeness (QED) is 0.511. The molecule has 0 spiro atoms. The minimum absolute atomic E-state index is 0.00389.